The van der Waals surface area contributed by atoms with Crippen LogP contribution in [-0.4, -0.2) is 10.2 Å². The minimum atomic E-state index is 0.888. The van der Waals surface area contributed by atoms with Gasteiger partial charge in [0.1, 0.15) is 0 Å². The molecule has 0 aliphatic heterocycles. The number of nitrogens with one attached hydrogen (secondary N) is 1. The van der Waals surface area contributed by atoms with E-state index < -0.39 is 0 Å². The predicted octanol–water partition coefficient (Wildman–Crippen LogP) is 2.18. The second-order valence-electron chi connectivity index (χ2n) is 2.97. The summed E-state index contributed by atoms with van der Waals surface area (Å²) < 4.78 is 0. The van der Waals surface area contributed by atoms with E-state index in [0.717, 1.165) is 5.33 Å². The van der Waals surface area contributed by atoms with E-state index in [9.17, 15) is 0 Å². The number of rotatable bonds is 1. The summed E-state index contributed by atoms with van der Waals surface area (Å²) >= 11 is 3.43. The molecule has 60 valence electrons. The van der Waals surface area contributed by atoms with Gasteiger partial charge in [-0.05, 0) is 31.2 Å². The number of nitrogens with zero attached hydrogens (tertiary/aromatic N) is 1. The molecular formula is C8H11BrN2. The molecule has 1 heterocycles. The first-order valence-corrected chi connectivity index (χ1v) is 5.15. The molecule has 1 aliphatic rings. The van der Waals surface area contributed by atoms with Gasteiger partial charge in [-0.15, -0.1) is 0 Å². The number of halogens is 1. The smallest absolute Gasteiger partial charge is 0.0762 e. The zero-order chi connectivity index (χ0) is 7.68. The molecule has 0 fully saturated rings. The van der Waals surface area contributed by atoms with Crippen molar-refractivity contribution in [2.75, 3.05) is 0 Å². The number of alkyl halides is 1. The zero-order valence-electron chi connectivity index (χ0n) is 6.36. The lowest BCUT2D eigenvalue weighted by molar-refractivity contribution is 0.673. The number of hydrogen-bond acceptors (Lipinski definition) is 1. The molecule has 2 rings (SSSR count). The van der Waals surface area contributed by atoms with Crippen LogP contribution in [0.15, 0.2) is 0 Å². The van der Waals surface area contributed by atoms with Crippen molar-refractivity contribution in [3.8, 4) is 0 Å². The summed E-state index contributed by atoms with van der Waals surface area (Å²) in [5.41, 5.74) is 4.04. The summed E-state index contributed by atoms with van der Waals surface area (Å²) in [6, 6.07) is 0. The van der Waals surface area contributed by atoms with Gasteiger partial charge in [0.2, 0.25) is 0 Å². The summed E-state index contributed by atoms with van der Waals surface area (Å²) in [5, 5.41) is 8.23. The van der Waals surface area contributed by atoms with Crippen molar-refractivity contribution in [2.24, 2.45) is 0 Å². The molecule has 0 radical (unpaired) electrons. The Morgan fingerprint density at radius 2 is 2.18 bits per heavy atom. The predicted molar refractivity (Wildman–Crippen MR) is 47.9 cm³/mol. The molecule has 1 aromatic rings. The average molecular weight is 215 g/mol. The Kier molecular flexibility index (Phi) is 1.98. The van der Waals surface area contributed by atoms with Crippen LogP contribution in [0.4, 0.5) is 0 Å². The summed E-state index contributed by atoms with van der Waals surface area (Å²) in [7, 11) is 0. The second-order valence-corrected chi connectivity index (χ2v) is 3.53. The van der Waals surface area contributed by atoms with E-state index in [-0.39, 0.29) is 0 Å². The van der Waals surface area contributed by atoms with Crippen LogP contribution in [0.25, 0.3) is 0 Å². The highest BCUT2D eigenvalue weighted by molar-refractivity contribution is 9.08. The molecule has 0 bridgehead atoms. The van der Waals surface area contributed by atoms with Crippen LogP contribution < -0.4 is 0 Å². The van der Waals surface area contributed by atoms with Crippen molar-refractivity contribution in [3.05, 3.63) is 17.0 Å². The summed E-state index contributed by atoms with van der Waals surface area (Å²) in [5.74, 6) is 0. The Morgan fingerprint density at radius 1 is 1.36 bits per heavy atom. The van der Waals surface area contributed by atoms with Crippen molar-refractivity contribution < 1.29 is 0 Å². The van der Waals surface area contributed by atoms with Crippen LogP contribution in [0.3, 0.4) is 0 Å². The Labute approximate surface area is 74.5 Å². The van der Waals surface area contributed by atoms with E-state index in [4.69, 9.17) is 0 Å². The molecule has 0 saturated carbocycles. The van der Waals surface area contributed by atoms with Crippen LogP contribution >= 0.6 is 15.9 Å². The molecule has 1 N–H and O–H groups in total. The van der Waals surface area contributed by atoms with Crippen LogP contribution in [0.2, 0.25) is 0 Å². The third-order valence-corrected chi connectivity index (χ3v) is 2.80. The molecular weight excluding hydrogens is 204 g/mol. The van der Waals surface area contributed by atoms with Gasteiger partial charge >= 0.3 is 0 Å². The zero-order valence-corrected chi connectivity index (χ0v) is 7.95. The Balaban J connectivity index is 2.38. The summed E-state index contributed by atoms with van der Waals surface area (Å²) in [4.78, 5) is 0. The van der Waals surface area contributed by atoms with Crippen LogP contribution in [0.1, 0.15) is 29.8 Å². The monoisotopic (exact) mass is 214 g/mol. The van der Waals surface area contributed by atoms with Crippen molar-refractivity contribution in [3.63, 3.8) is 0 Å². The lowest BCUT2D eigenvalue weighted by atomic mass is 9.96. The molecule has 2 nitrogen and oxygen atoms in total. The third-order valence-electron chi connectivity index (χ3n) is 2.27. The Bertz CT molecular complexity index is 241. The summed E-state index contributed by atoms with van der Waals surface area (Å²) in [6.45, 7) is 0. The molecule has 1 aromatic heterocycles. The van der Waals surface area contributed by atoms with Crippen LogP contribution in [0, 0.1) is 0 Å². The number of hydrogen-bond donors (Lipinski definition) is 1. The topological polar surface area (TPSA) is 28.7 Å². The molecule has 0 spiro atoms. The first kappa shape index (κ1) is 7.35. The van der Waals surface area contributed by atoms with Gasteiger partial charge < -0.3 is 0 Å². The van der Waals surface area contributed by atoms with Crippen molar-refractivity contribution in [2.45, 2.75) is 31.0 Å². The number of aromatic nitrogens is 2. The minimum absolute atomic E-state index is 0.888. The minimum Gasteiger partial charge on any atom is -0.282 e. The number of H-pyrrole nitrogens is 1. The fourth-order valence-corrected chi connectivity index (χ4v) is 2.12. The third kappa shape index (κ3) is 1.22. The Hall–Kier alpha value is -0.310. The van der Waals surface area contributed by atoms with Crippen molar-refractivity contribution in [1.82, 2.24) is 10.2 Å². The van der Waals surface area contributed by atoms with Gasteiger partial charge in [-0.2, -0.15) is 5.10 Å². The molecule has 0 saturated heterocycles. The molecule has 0 unspecified atom stereocenters. The molecule has 11 heavy (non-hydrogen) atoms. The van der Waals surface area contributed by atoms with E-state index in [0.29, 0.717) is 0 Å². The van der Waals surface area contributed by atoms with Gasteiger partial charge in [0.05, 0.1) is 5.69 Å². The maximum absolute atomic E-state index is 4.24. The quantitative estimate of drug-likeness (QED) is 0.714. The first-order chi connectivity index (χ1) is 5.42. The fourth-order valence-electron chi connectivity index (χ4n) is 1.66. The lowest BCUT2D eigenvalue weighted by Gasteiger charge is -2.09. The Morgan fingerprint density at radius 3 is 3.00 bits per heavy atom. The van der Waals surface area contributed by atoms with Gasteiger partial charge in [-0.3, -0.25) is 5.10 Å². The molecule has 3 heteroatoms. The number of aromatic amines is 1. The summed E-state index contributed by atoms with van der Waals surface area (Å²) in [6.07, 6.45) is 5.05. The molecule has 0 amide bonds. The van der Waals surface area contributed by atoms with Gasteiger partial charge in [0.25, 0.3) is 0 Å². The number of aryl methyl sites for hydroxylation is 1. The van der Waals surface area contributed by atoms with Gasteiger partial charge in [0, 0.05) is 11.0 Å². The van der Waals surface area contributed by atoms with E-state index in [2.05, 4.69) is 26.1 Å². The van der Waals surface area contributed by atoms with E-state index in [1.807, 2.05) is 0 Å². The van der Waals surface area contributed by atoms with Crippen LogP contribution in [0.5, 0.6) is 0 Å². The van der Waals surface area contributed by atoms with Crippen molar-refractivity contribution in [1.29, 1.82) is 0 Å². The first-order valence-electron chi connectivity index (χ1n) is 4.03. The highest BCUT2D eigenvalue weighted by atomic mass is 79.9. The maximum Gasteiger partial charge on any atom is 0.0762 e. The van der Waals surface area contributed by atoms with Crippen LogP contribution in [-0.2, 0) is 18.2 Å². The number of fused-ring (bicyclic) bond motifs is 1. The maximum atomic E-state index is 4.24. The van der Waals surface area contributed by atoms with Crippen molar-refractivity contribution >= 4 is 15.9 Å². The van der Waals surface area contributed by atoms with E-state index in [1.165, 1.54) is 42.6 Å². The lowest BCUT2D eigenvalue weighted by Crippen LogP contribution is -2.01. The normalized spacial score (nSPS) is 16.5. The van der Waals surface area contributed by atoms with E-state index >= 15 is 0 Å². The highest BCUT2D eigenvalue weighted by Crippen LogP contribution is 2.23. The van der Waals surface area contributed by atoms with Gasteiger partial charge in [-0.25, -0.2) is 0 Å². The van der Waals surface area contributed by atoms with Gasteiger partial charge in [0.15, 0.2) is 0 Å². The second kappa shape index (κ2) is 2.97. The van der Waals surface area contributed by atoms with E-state index in [1.54, 1.807) is 0 Å². The molecule has 0 aromatic carbocycles. The largest absolute Gasteiger partial charge is 0.282 e. The molecule has 1 aliphatic carbocycles. The standard InChI is InChI=1S/C8H11BrN2/c9-5-8-6-3-1-2-4-7(6)10-11-8/h1-5H2,(H,10,11). The molecule has 0 atom stereocenters. The highest BCUT2D eigenvalue weighted by Gasteiger charge is 2.15. The van der Waals surface area contributed by atoms with Gasteiger partial charge in [-0.1, -0.05) is 15.9 Å². The SMILES string of the molecule is BrCc1n[nH]c2c1CCCC2. The average Bonchev–Trinajstić information content (AvgIpc) is 2.47. The fraction of sp³-hybridized carbons (Fsp3) is 0.625.